The van der Waals surface area contributed by atoms with Gasteiger partial charge in [0.1, 0.15) is 11.2 Å². The van der Waals surface area contributed by atoms with Crippen LogP contribution in [-0.4, -0.2) is 44.0 Å². The molecule has 0 spiro atoms. The molecule has 3 atom stereocenters. The van der Waals surface area contributed by atoms with E-state index >= 15 is 0 Å². The summed E-state index contributed by atoms with van der Waals surface area (Å²) in [5.41, 5.74) is 2.80. The molecule has 2 saturated heterocycles. The molecule has 2 aromatic heterocycles. The summed E-state index contributed by atoms with van der Waals surface area (Å²) in [6.07, 6.45) is 0.693. The number of nitriles is 1. The Balaban J connectivity index is 1.59. The summed E-state index contributed by atoms with van der Waals surface area (Å²) in [6, 6.07) is 7.64. The number of piperidine rings is 1. The summed E-state index contributed by atoms with van der Waals surface area (Å²) in [5, 5.41) is 22.6. The first-order chi connectivity index (χ1) is 17.1. The van der Waals surface area contributed by atoms with Crippen molar-refractivity contribution in [2.45, 2.75) is 63.6 Å². The van der Waals surface area contributed by atoms with Gasteiger partial charge in [0.05, 0.1) is 22.8 Å². The smallest absolute Gasteiger partial charge is 0.356 e. The van der Waals surface area contributed by atoms with E-state index in [4.69, 9.17) is 16.6 Å². The van der Waals surface area contributed by atoms with Crippen molar-refractivity contribution in [2.24, 2.45) is 0 Å². The van der Waals surface area contributed by atoms with E-state index in [-0.39, 0.29) is 35.1 Å². The first-order valence-electron chi connectivity index (χ1n) is 11.6. The number of nitrogens with one attached hydrogen (secondary N) is 1. The summed E-state index contributed by atoms with van der Waals surface area (Å²) in [6.45, 7) is 3.73. The Morgan fingerprint density at radius 2 is 1.94 bits per heavy atom. The lowest BCUT2D eigenvalue weighted by Gasteiger charge is -2.39. The minimum atomic E-state index is -2.73. The fourth-order valence-corrected chi connectivity index (χ4v) is 5.56. The number of alkyl halides is 2. The minimum Gasteiger partial charge on any atom is -0.476 e. The van der Waals surface area contributed by atoms with Crippen LogP contribution in [0.1, 0.15) is 66.0 Å². The molecule has 2 fully saturated rings. The standard InChI is InChI=1S/C25H23ClF2N6O2/c1-12-7-16(13(2)30-17-5-6-20(26)32-22(17)24(35)36)21-18(8-12)31-19(11-29)23(33-21)34-14-3-4-15(34)10-25(27,28)9-14/h5-8,13-15,30H,3-4,9-10H2,1-2H3,(H,35,36)/t13-,14?,15?/m1/s1. The van der Waals surface area contributed by atoms with Crippen LogP contribution in [0.25, 0.3) is 11.0 Å². The number of nitrogens with zero attached hydrogens (tertiary/aromatic N) is 5. The number of pyridine rings is 1. The fraction of sp³-hybridized carbons (Fsp3) is 0.400. The number of fused-ring (bicyclic) bond motifs is 3. The highest BCUT2D eigenvalue weighted by atomic mass is 35.5. The van der Waals surface area contributed by atoms with E-state index in [9.17, 15) is 23.9 Å². The number of carbonyl (C=O) groups is 1. The summed E-state index contributed by atoms with van der Waals surface area (Å²) in [5.74, 6) is -3.63. The minimum absolute atomic E-state index is 0.0629. The number of aromatic nitrogens is 3. The zero-order valence-corrected chi connectivity index (χ0v) is 20.4. The molecule has 2 unspecified atom stereocenters. The third-order valence-electron chi connectivity index (χ3n) is 6.87. The van der Waals surface area contributed by atoms with Crippen molar-refractivity contribution < 1.29 is 18.7 Å². The molecule has 36 heavy (non-hydrogen) atoms. The molecule has 186 valence electrons. The molecule has 5 rings (SSSR count). The van der Waals surface area contributed by atoms with Crippen LogP contribution in [0.15, 0.2) is 24.3 Å². The second-order valence-corrected chi connectivity index (χ2v) is 9.87. The summed E-state index contributed by atoms with van der Waals surface area (Å²) >= 11 is 5.88. The average Bonchev–Trinajstić information content (AvgIpc) is 3.09. The number of hydrogen-bond donors (Lipinski definition) is 2. The van der Waals surface area contributed by atoms with E-state index in [0.717, 1.165) is 11.1 Å². The van der Waals surface area contributed by atoms with E-state index in [2.05, 4.69) is 21.4 Å². The van der Waals surface area contributed by atoms with Crippen molar-refractivity contribution in [3.05, 3.63) is 51.9 Å². The van der Waals surface area contributed by atoms with Gasteiger partial charge in [-0.15, -0.1) is 0 Å². The van der Waals surface area contributed by atoms with Crippen LogP contribution in [0.4, 0.5) is 20.3 Å². The van der Waals surface area contributed by atoms with E-state index in [1.807, 2.05) is 30.9 Å². The van der Waals surface area contributed by atoms with Gasteiger partial charge >= 0.3 is 5.97 Å². The van der Waals surface area contributed by atoms with Crippen LogP contribution in [0.5, 0.6) is 0 Å². The number of aryl methyl sites for hydroxylation is 1. The highest BCUT2D eigenvalue weighted by molar-refractivity contribution is 6.29. The molecule has 1 aromatic carbocycles. The highest BCUT2D eigenvalue weighted by Crippen LogP contribution is 2.46. The van der Waals surface area contributed by atoms with Crippen molar-refractivity contribution in [1.29, 1.82) is 5.26 Å². The number of rotatable bonds is 5. The lowest BCUT2D eigenvalue weighted by molar-refractivity contribution is -0.0359. The van der Waals surface area contributed by atoms with Crippen LogP contribution >= 0.6 is 11.6 Å². The molecule has 0 amide bonds. The van der Waals surface area contributed by atoms with Crippen LogP contribution in [0.3, 0.4) is 0 Å². The molecule has 2 aliphatic rings. The molecule has 0 aliphatic carbocycles. The molecular weight excluding hydrogens is 490 g/mol. The predicted octanol–water partition coefficient (Wildman–Crippen LogP) is 5.50. The Morgan fingerprint density at radius 1 is 1.25 bits per heavy atom. The summed E-state index contributed by atoms with van der Waals surface area (Å²) in [7, 11) is 0. The van der Waals surface area contributed by atoms with Gasteiger partial charge in [-0.25, -0.2) is 28.5 Å². The maximum atomic E-state index is 14.2. The topological polar surface area (TPSA) is 115 Å². The third kappa shape index (κ3) is 4.28. The molecule has 8 nitrogen and oxygen atoms in total. The Hall–Kier alpha value is -3.58. The van der Waals surface area contributed by atoms with Crippen LogP contribution in [0, 0.1) is 18.3 Å². The van der Waals surface area contributed by atoms with Gasteiger partial charge in [0, 0.05) is 30.5 Å². The van der Waals surface area contributed by atoms with Gasteiger partial charge < -0.3 is 15.3 Å². The van der Waals surface area contributed by atoms with Gasteiger partial charge in [-0.1, -0.05) is 17.7 Å². The summed E-state index contributed by atoms with van der Waals surface area (Å²) < 4.78 is 28.4. The van der Waals surface area contributed by atoms with Gasteiger partial charge in [-0.3, -0.25) is 0 Å². The highest BCUT2D eigenvalue weighted by Gasteiger charge is 2.50. The molecule has 2 bridgehead atoms. The second-order valence-electron chi connectivity index (χ2n) is 9.49. The zero-order chi connectivity index (χ0) is 25.8. The molecule has 11 heteroatoms. The Bertz CT molecular complexity index is 1410. The van der Waals surface area contributed by atoms with E-state index in [1.165, 1.54) is 6.07 Å². The average molecular weight is 513 g/mol. The molecule has 4 heterocycles. The van der Waals surface area contributed by atoms with Crippen LogP contribution < -0.4 is 10.2 Å². The van der Waals surface area contributed by atoms with Gasteiger partial charge in [0.25, 0.3) is 5.92 Å². The number of carboxylic acids is 1. The van der Waals surface area contributed by atoms with Crippen molar-refractivity contribution >= 4 is 40.1 Å². The van der Waals surface area contributed by atoms with E-state index in [0.29, 0.717) is 29.7 Å². The lowest BCUT2D eigenvalue weighted by Crippen LogP contribution is -2.48. The number of aromatic carboxylic acids is 1. The Morgan fingerprint density at radius 3 is 2.58 bits per heavy atom. The maximum absolute atomic E-state index is 14.2. The molecule has 2 N–H and O–H groups in total. The third-order valence-corrected chi connectivity index (χ3v) is 7.08. The Labute approximate surface area is 210 Å². The SMILES string of the molecule is Cc1cc([C@@H](C)Nc2ccc(Cl)nc2C(=O)O)c2nc(N3C4CCC3CC(F)(F)C4)c(C#N)nc2c1. The second kappa shape index (κ2) is 8.82. The van der Waals surface area contributed by atoms with Gasteiger partial charge in [0.15, 0.2) is 17.2 Å². The number of carboxylic acid groups (broad SMARTS) is 1. The van der Waals surface area contributed by atoms with Crippen molar-refractivity contribution in [2.75, 3.05) is 10.2 Å². The number of halogens is 3. The normalized spacial score (nSPS) is 21.3. The molecular formula is C25H23ClF2N6O2. The maximum Gasteiger partial charge on any atom is 0.356 e. The zero-order valence-electron chi connectivity index (χ0n) is 19.6. The largest absolute Gasteiger partial charge is 0.476 e. The van der Waals surface area contributed by atoms with Crippen molar-refractivity contribution in [3.8, 4) is 6.07 Å². The van der Waals surface area contributed by atoms with Gasteiger partial charge in [0.2, 0.25) is 0 Å². The Kier molecular flexibility index (Phi) is 5.91. The quantitative estimate of drug-likeness (QED) is 0.431. The lowest BCUT2D eigenvalue weighted by atomic mass is 9.98. The number of hydrogen-bond acceptors (Lipinski definition) is 7. The van der Waals surface area contributed by atoms with Gasteiger partial charge in [-0.05, 0) is 50.5 Å². The first-order valence-corrected chi connectivity index (χ1v) is 12.0. The number of anilines is 2. The van der Waals surface area contributed by atoms with Crippen molar-refractivity contribution in [1.82, 2.24) is 15.0 Å². The molecule has 0 radical (unpaired) electrons. The van der Waals surface area contributed by atoms with Crippen LogP contribution in [0.2, 0.25) is 5.15 Å². The predicted molar refractivity (Wildman–Crippen MR) is 131 cm³/mol. The van der Waals surface area contributed by atoms with E-state index in [1.54, 1.807) is 6.07 Å². The van der Waals surface area contributed by atoms with Crippen LogP contribution in [-0.2, 0) is 0 Å². The van der Waals surface area contributed by atoms with Crippen molar-refractivity contribution in [3.63, 3.8) is 0 Å². The monoisotopic (exact) mass is 512 g/mol. The first kappa shape index (κ1) is 24.1. The number of benzene rings is 1. The van der Waals surface area contributed by atoms with Gasteiger partial charge in [-0.2, -0.15) is 5.26 Å². The molecule has 0 saturated carbocycles. The molecule has 3 aromatic rings. The fourth-order valence-electron chi connectivity index (χ4n) is 5.42. The summed E-state index contributed by atoms with van der Waals surface area (Å²) in [4.78, 5) is 26.9. The molecule has 2 aliphatic heterocycles. The van der Waals surface area contributed by atoms with E-state index < -0.39 is 30.0 Å².